The lowest BCUT2D eigenvalue weighted by atomic mass is 9.82. The molecule has 2 N–H and O–H groups in total. The molecule has 1 fully saturated rings. The van der Waals surface area contributed by atoms with E-state index in [0.717, 1.165) is 11.7 Å². The number of aliphatic imine (C=N–C) groups is 1. The summed E-state index contributed by atoms with van der Waals surface area (Å²) in [6.07, 6.45) is 6.67. The van der Waals surface area contributed by atoms with Crippen LogP contribution in [0.1, 0.15) is 48.4 Å². The highest BCUT2D eigenvalue weighted by molar-refractivity contribution is 14.0. The van der Waals surface area contributed by atoms with E-state index in [-0.39, 0.29) is 24.0 Å². The van der Waals surface area contributed by atoms with Gasteiger partial charge in [0, 0.05) is 19.3 Å². The molecule has 26 heavy (non-hydrogen) atoms. The number of hydrogen-bond acceptors (Lipinski definition) is 2. The van der Waals surface area contributed by atoms with Crippen LogP contribution in [0.3, 0.4) is 0 Å². The van der Waals surface area contributed by atoms with Crippen molar-refractivity contribution in [3.63, 3.8) is 0 Å². The summed E-state index contributed by atoms with van der Waals surface area (Å²) in [6.45, 7) is 2.79. The molecule has 140 valence electrons. The largest absolute Gasteiger partial charge is 0.354 e. The summed E-state index contributed by atoms with van der Waals surface area (Å²) >= 11 is 0. The van der Waals surface area contributed by atoms with E-state index in [4.69, 9.17) is 0 Å². The van der Waals surface area contributed by atoms with Gasteiger partial charge < -0.3 is 10.6 Å². The molecule has 0 unspecified atom stereocenters. The normalized spacial score (nSPS) is 20.2. The Bertz CT molecular complexity index is 694. The molecule has 0 amide bonds. The molecule has 0 radical (unpaired) electrons. The highest BCUT2D eigenvalue weighted by atomic mass is 127. The third-order valence-corrected chi connectivity index (χ3v) is 5.10. The van der Waals surface area contributed by atoms with E-state index in [1.807, 2.05) is 19.3 Å². The van der Waals surface area contributed by atoms with Gasteiger partial charge in [0.05, 0.1) is 12.2 Å². The highest BCUT2D eigenvalue weighted by Gasteiger charge is 2.22. The lowest BCUT2D eigenvalue weighted by Gasteiger charge is -2.30. The Labute approximate surface area is 173 Å². The van der Waals surface area contributed by atoms with Gasteiger partial charge in [0.25, 0.3) is 0 Å². The van der Waals surface area contributed by atoms with Crippen LogP contribution in [-0.4, -0.2) is 24.0 Å². The van der Waals surface area contributed by atoms with E-state index < -0.39 is 0 Å². The Morgan fingerprint density at radius 2 is 1.81 bits per heavy atom. The van der Waals surface area contributed by atoms with Gasteiger partial charge in [-0.1, -0.05) is 36.4 Å². The van der Waals surface area contributed by atoms with Crippen LogP contribution in [0.15, 0.2) is 53.7 Å². The smallest absolute Gasteiger partial charge is 0.191 e. The SMILES string of the molecule is CN=C(NCc1ncccc1C)NC1CCC(c2ccccc2)CC1.I. The minimum absolute atomic E-state index is 0. The van der Waals surface area contributed by atoms with Crippen LogP contribution in [0.4, 0.5) is 0 Å². The topological polar surface area (TPSA) is 49.3 Å². The van der Waals surface area contributed by atoms with Gasteiger partial charge >= 0.3 is 0 Å². The van der Waals surface area contributed by atoms with Crippen molar-refractivity contribution < 1.29 is 0 Å². The van der Waals surface area contributed by atoms with E-state index >= 15 is 0 Å². The van der Waals surface area contributed by atoms with Crippen molar-refractivity contribution >= 4 is 29.9 Å². The second-order valence-corrected chi connectivity index (χ2v) is 6.80. The van der Waals surface area contributed by atoms with E-state index in [1.54, 1.807) is 0 Å². The molecule has 3 rings (SSSR count). The molecule has 1 heterocycles. The molecule has 0 spiro atoms. The first-order valence-corrected chi connectivity index (χ1v) is 9.19. The molecule has 2 aromatic rings. The van der Waals surface area contributed by atoms with Crippen molar-refractivity contribution in [1.82, 2.24) is 15.6 Å². The molecule has 0 aliphatic heterocycles. The van der Waals surface area contributed by atoms with Gasteiger partial charge in [0.2, 0.25) is 0 Å². The molecule has 0 bridgehead atoms. The highest BCUT2D eigenvalue weighted by Crippen LogP contribution is 2.32. The van der Waals surface area contributed by atoms with Crippen molar-refractivity contribution in [2.75, 3.05) is 7.05 Å². The van der Waals surface area contributed by atoms with Crippen molar-refractivity contribution in [2.45, 2.75) is 51.1 Å². The molecule has 4 nitrogen and oxygen atoms in total. The number of aromatic nitrogens is 1. The molecular weight excluding hydrogens is 435 g/mol. The number of rotatable bonds is 4. The molecule has 0 saturated heterocycles. The number of nitrogens with zero attached hydrogens (tertiary/aromatic N) is 2. The van der Waals surface area contributed by atoms with Crippen molar-refractivity contribution in [1.29, 1.82) is 0 Å². The predicted octanol–water partition coefficient (Wildman–Crippen LogP) is 4.40. The maximum absolute atomic E-state index is 4.43. The zero-order chi connectivity index (χ0) is 17.5. The molecule has 0 atom stereocenters. The number of benzene rings is 1. The van der Waals surface area contributed by atoms with Crippen molar-refractivity contribution in [2.24, 2.45) is 4.99 Å². The molecule has 1 aromatic heterocycles. The predicted molar refractivity (Wildman–Crippen MR) is 119 cm³/mol. The third kappa shape index (κ3) is 5.69. The Morgan fingerprint density at radius 3 is 2.46 bits per heavy atom. The fraction of sp³-hybridized carbons (Fsp3) is 0.429. The Balaban J connectivity index is 0.00000243. The van der Waals surface area contributed by atoms with Crippen LogP contribution >= 0.6 is 24.0 Å². The molecule has 1 aliphatic rings. The quantitative estimate of drug-likeness (QED) is 0.401. The summed E-state index contributed by atoms with van der Waals surface area (Å²) in [5.41, 5.74) is 3.75. The Hall–Kier alpha value is -1.63. The van der Waals surface area contributed by atoms with Crippen LogP contribution in [0.5, 0.6) is 0 Å². The maximum atomic E-state index is 4.43. The minimum atomic E-state index is 0. The van der Waals surface area contributed by atoms with Crippen LogP contribution in [0.2, 0.25) is 0 Å². The van der Waals surface area contributed by atoms with Gasteiger partial charge in [-0.2, -0.15) is 0 Å². The van der Waals surface area contributed by atoms with E-state index in [2.05, 4.69) is 63.9 Å². The first-order chi connectivity index (χ1) is 12.3. The molecule has 1 saturated carbocycles. The minimum Gasteiger partial charge on any atom is -0.354 e. The summed E-state index contributed by atoms with van der Waals surface area (Å²) in [6, 6.07) is 15.5. The van der Waals surface area contributed by atoms with E-state index in [0.29, 0.717) is 18.5 Å². The zero-order valence-corrected chi connectivity index (χ0v) is 17.9. The summed E-state index contributed by atoms with van der Waals surface area (Å²) in [5, 5.41) is 6.97. The second-order valence-electron chi connectivity index (χ2n) is 6.80. The molecule has 1 aromatic carbocycles. The first-order valence-electron chi connectivity index (χ1n) is 9.19. The summed E-state index contributed by atoms with van der Waals surface area (Å²) < 4.78 is 0. The Morgan fingerprint density at radius 1 is 1.08 bits per heavy atom. The second kappa shape index (κ2) is 10.5. The molecule has 5 heteroatoms. The summed E-state index contributed by atoms with van der Waals surface area (Å²) in [5.74, 6) is 1.57. The first kappa shape index (κ1) is 20.7. The van der Waals surface area contributed by atoms with E-state index in [1.165, 1.54) is 36.8 Å². The lowest BCUT2D eigenvalue weighted by Crippen LogP contribution is -2.44. The van der Waals surface area contributed by atoms with Crippen molar-refractivity contribution in [3.8, 4) is 0 Å². The number of hydrogen-bond donors (Lipinski definition) is 2. The zero-order valence-electron chi connectivity index (χ0n) is 15.6. The van der Waals surface area contributed by atoms with Gasteiger partial charge in [0.15, 0.2) is 5.96 Å². The Kier molecular flexibility index (Phi) is 8.35. The van der Waals surface area contributed by atoms with Crippen LogP contribution < -0.4 is 10.6 Å². The average molecular weight is 464 g/mol. The average Bonchev–Trinajstić information content (AvgIpc) is 2.67. The fourth-order valence-electron chi connectivity index (χ4n) is 3.56. The van der Waals surface area contributed by atoms with E-state index in [9.17, 15) is 0 Å². The summed E-state index contributed by atoms with van der Waals surface area (Å²) in [7, 11) is 1.83. The lowest BCUT2D eigenvalue weighted by molar-refractivity contribution is 0.371. The fourth-order valence-corrected chi connectivity index (χ4v) is 3.56. The van der Waals surface area contributed by atoms with Crippen LogP contribution in [0.25, 0.3) is 0 Å². The van der Waals surface area contributed by atoms with Gasteiger partial charge in [-0.25, -0.2) is 0 Å². The van der Waals surface area contributed by atoms with Crippen molar-refractivity contribution in [3.05, 3.63) is 65.5 Å². The van der Waals surface area contributed by atoms with Crippen LogP contribution in [-0.2, 0) is 6.54 Å². The van der Waals surface area contributed by atoms with Gasteiger partial charge in [-0.05, 0) is 55.7 Å². The maximum Gasteiger partial charge on any atom is 0.191 e. The number of nitrogens with one attached hydrogen (secondary N) is 2. The number of aryl methyl sites for hydroxylation is 1. The van der Waals surface area contributed by atoms with Gasteiger partial charge in [-0.15, -0.1) is 24.0 Å². The van der Waals surface area contributed by atoms with Gasteiger partial charge in [-0.3, -0.25) is 9.98 Å². The summed E-state index contributed by atoms with van der Waals surface area (Å²) in [4.78, 5) is 8.80. The van der Waals surface area contributed by atoms with Gasteiger partial charge in [0.1, 0.15) is 0 Å². The number of pyridine rings is 1. The number of halogens is 1. The standard InChI is InChI=1S/C21H28N4.HI/c1-16-7-6-14-23-20(16)15-24-21(22-2)25-19-12-10-18(11-13-19)17-8-4-3-5-9-17;/h3-9,14,18-19H,10-13,15H2,1-2H3,(H2,22,24,25);1H. The molecular formula is C21H29IN4. The number of guanidine groups is 1. The monoisotopic (exact) mass is 464 g/mol. The van der Waals surface area contributed by atoms with Crippen LogP contribution in [0, 0.1) is 6.92 Å². The third-order valence-electron chi connectivity index (χ3n) is 5.10. The molecule has 1 aliphatic carbocycles.